The van der Waals surface area contributed by atoms with Crippen molar-refractivity contribution in [3.63, 3.8) is 0 Å². The summed E-state index contributed by atoms with van der Waals surface area (Å²) in [5, 5.41) is 0. The van der Waals surface area contributed by atoms with Crippen LogP contribution in [0.2, 0.25) is 0 Å². The molecular formula is C13H17F2NO3S. The van der Waals surface area contributed by atoms with Crippen LogP contribution in [0.15, 0.2) is 24.3 Å². The Hall–Kier alpha value is -1.34. The minimum atomic E-state index is -2.86. The zero-order valence-electron chi connectivity index (χ0n) is 11.1. The molecule has 1 atom stereocenters. The van der Waals surface area contributed by atoms with Crippen molar-refractivity contribution in [1.29, 1.82) is 0 Å². The number of carbonyl (C=O) groups excluding carboxylic acids is 1. The van der Waals surface area contributed by atoms with E-state index in [-0.39, 0.29) is 12.4 Å². The van der Waals surface area contributed by atoms with Crippen LogP contribution in [0.4, 0.5) is 8.78 Å². The van der Waals surface area contributed by atoms with E-state index in [4.69, 9.17) is 10.5 Å². The van der Waals surface area contributed by atoms with Crippen LogP contribution in [0.3, 0.4) is 0 Å². The predicted molar refractivity (Wildman–Crippen MR) is 73.8 cm³/mol. The first-order chi connectivity index (χ1) is 9.54. The van der Waals surface area contributed by atoms with Crippen LogP contribution < -0.4 is 10.5 Å². The highest BCUT2D eigenvalue weighted by atomic mass is 32.2. The fourth-order valence-corrected chi connectivity index (χ4v) is 2.41. The number of hydrogen-bond donors (Lipinski definition) is 1. The number of esters is 1. The van der Waals surface area contributed by atoms with Gasteiger partial charge < -0.3 is 15.2 Å². The molecule has 1 rings (SSSR count). The van der Waals surface area contributed by atoms with E-state index in [0.717, 1.165) is 0 Å². The molecule has 0 saturated carbocycles. The third-order valence-electron chi connectivity index (χ3n) is 2.33. The van der Waals surface area contributed by atoms with Gasteiger partial charge in [0.15, 0.2) is 0 Å². The number of hydrogen-bond acceptors (Lipinski definition) is 5. The van der Waals surface area contributed by atoms with Crippen LogP contribution in [-0.4, -0.2) is 31.0 Å². The van der Waals surface area contributed by atoms with Gasteiger partial charge in [-0.25, -0.2) is 0 Å². The van der Waals surface area contributed by atoms with Gasteiger partial charge in [-0.05, 0) is 13.0 Å². The monoisotopic (exact) mass is 305 g/mol. The van der Waals surface area contributed by atoms with Crippen LogP contribution in [-0.2, 0) is 15.3 Å². The molecule has 1 aromatic carbocycles. The van der Waals surface area contributed by atoms with Gasteiger partial charge in [0, 0.05) is 17.1 Å². The van der Waals surface area contributed by atoms with Crippen molar-refractivity contribution in [3.8, 4) is 5.75 Å². The average molecular weight is 305 g/mol. The van der Waals surface area contributed by atoms with Gasteiger partial charge in [-0.15, -0.1) is 0 Å². The van der Waals surface area contributed by atoms with Crippen molar-refractivity contribution in [2.24, 2.45) is 5.73 Å². The molecule has 2 N–H and O–H groups in total. The number of alkyl halides is 2. The molecule has 4 nitrogen and oxygen atoms in total. The average Bonchev–Trinajstić information content (AvgIpc) is 2.40. The lowest BCUT2D eigenvalue weighted by Crippen LogP contribution is -2.34. The van der Waals surface area contributed by atoms with Gasteiger partial charge >= 0.3 is 12.6 Å². The lowest BCUT2D eigenvalue weighted by molar-refractivity contribution is -0.144. The molecule has 0 heterocycles. The van der Waals surface area contributed by atoms with Crippen molar-refractivity contribution < 1.29 is 23.0 Å². The first-order valence-electron chi connectivity index (χ1n) is 6.07. The van der Waals surface area contributed by atoms with Crippen LogP contribution in [0, 0.1) is 0 Å². The van der Waals surface area contributed by atoms with Crippen molar-refractivity contribution in [1.82, 2.24) is 0 Å². The van der Waals surface area contributed by atoms with Crippen LogP contribution in [0.5, 0.6) is 5.75 Å². The van der Waals surface area contributed by atoms with Gasteiger partial charge in [-0.3, -0.25) is 4.79 Å². The summed E-state index contributed by atoms with van der Waals surface area (Å²) in [6, 6.07) is 5.81. The van der Waals surface area contributed by atoms with E-state index in [1.165, 1.54) is 17.8 Å². The van der Waals surface area contributed by atoms with Gasteiger partial charge in [0.1, 0.15) is 11.8 Å². The predicted octanol–water partition coefficient (Wildman–Crippen LogP) is 2.41. The largest absolute Gasteiger partial charge is 0.465 e. The molecule has 0 radical (unpaired) electrons. The van der Waals surface area contributed by atoms with E-state index in [1.54, 1.807) is 25.1 Å². The molecule has 1 unspecified atom stereocenters. The van der Waals surface area contributed by atoms with E-state index in [0.29, 0.717) is 17.1 Å². The van der Waals surface area contributed by atoms with E-state index < -0.39 is 18.6 Å². The summed E-state index contributed by atoms with van der Waals surface area (Å²) >= 11 is 1.36. The molecule has 0 amide bonds. The Labute approximate surface area is 120 Å². The lowest BCUT2D eigenvalue weighted by atomic mass is 10.2. The fraction of sp³-hybridized carbons (Fsp3) is 0.462. The highest BCUT2D eigenvalue weighted by molar-refractivity contribution is 7.98. The molecule has 7 heteroatoms. The minimum Gasteiger partial charge on any atom is -0.465 e. The second-order valence-electron chi connectivity index (χ2n) is 3.86. The van der Waals surface area contributed by atoms with Gasteiger partial charge in [-0.2, -0.15) is 20.5 Å². The Morgan fingerprint density at radius 3 is 2.75 bits per heavy atom. The Bertz CT molecular complexity index is 432. The number of carbonyl (C=O) groups is 1. The molecule has 1 aromatic rings. The summed E-state index contributed by atoms with van der Waals surface area (Å²) in [5.74, 6) is 0.453. The van der Waals surface area contributed by atoms with Crippen molar-refractivity contribution in [2.75, 3.05) is 12.4 Å². The highest BCUT2D eigenvalue weighted by Crippen LogP contribution is 2.24. The fourth-order valence-electron chi connectivity index (χ4n) is 1.45. The zero-order chi connectivity index (χ0) is 15.0. The molecule has 0 saturated heterocycles. The number of ether oxygens (including phenoxy) is 2. The van der Waals surface area contributed by atoms with Crippen molar-refractivity contribution in [3.05, 3.63) is 29.8 Å². The minimum absolute atomic E-state index is 0.139. The number of benzene rings is 1. The summed E-state index contributed by atoms with van der Waals surface area (Å²) in [6.07, 6.45) is 0. The van der Waals surface area contributed by atoms with E-state index in [2.05, 4.69) is 4.74 Å². The second-order valence-corrected chi connectivity index (χ2v) is 4.89. The zero-order valence-corrected chi connectivity index (χ0v) is 11.9. The molecule has 20 heavy (non-hydrogen) atoms. The van der Waals surface area contributed by atoms with Gasteiger partial charge in [0.2, 0.25) is 0 Å². The molecule has 0 aliphatic rings. The van der Waals surface area contributed by atoms with E-state index in [9.17, 15) is 13.6 Å². The van der Waals surface area contributed by atoms with Crippen molar-refractivity contribution in [2.45, 2.75) is 25.3 Å². The summed E-state index contributed by atoms with van der Waals surface area (Å²) in [4.78, 5) is 11.3. The normalized spacial score (nSPS) is 12.2. The quantitative estimate of drug-likeness (QED) is 0.747. The molecule has 0 spiro atoms. The smallest absolute Gasteiger partial charge is 0.387 e. The highest BCUT2D eigenvalue weighted by Gasteiger charge is 2.15. The van der Waals surface area contributed by atoms with Crippen LogP contribution in [0.25, 0.3) is 0 Å². The molecular weight excluding hydrogens is 288 g/mol. The lowest BCUT2D eigenvalue weighted by Gasteiger charge is -2.12. The number of halogens is 2. The molecule has 0 aliphatic heterocycles. The molecule has 0 fully saturated rings. The number of nitrogens with two attached hydrogens (primary N) is 1. The Morgan fingerprint density at radius 1 is 1.40 bits per heavy atom. The number of rotatable bonds is 8. The maximum Gasteiger partial charge on any atom is 0.387 e. The summed E-state index contributed by atoms with van der Waals surface area (Å²) in [6.45, 7) is -0.874. The number of thioether (sulfide) groups is 1. The van der Waals surface area contributed by atoms with E-state index in [1.807, 2.05) is 0 Å². The second kappa shape index (κ2) is 8.76. The molecule has 0 aromatic heterocycles. The number of para-hydroxylation sites is 1. The van der Waals surface area contributed by atoms with Gasteiger partial charge in [0.25, 0.3) is 0 Å². The van der Waals surface area contributed by atoms with Crippen LogP contribution in [0.1, 0.15) is 12.5 Å². The summed E-state index contributed by atoms with van der Waals surface area (Å²) in [7, 11) is 0. The Morgan fingerprint density at radius 2 is 2.10 bits per heavy atom. The van der Waals surface area contributed by atoms with Crippen molar-refractivity contribution >= 4 is 17.7 Å². The topological polar surface area (TPSA) is 61.5 Å². The summed E-state index contributed by atoms with van der Waals surface area (Å²) in [5.41, 5.74) is 6.27. The van der Waals surface area contributed by atoms with Gasteiger partial charge in [0.05, 0.1) is 6.61 Å². The Kier molecular flexibility index (Phi) is 7.32. The SMILES string of the molecule is CCOC(=O)C(N)CSCc1ccccc1OC(F)F. The maximum absolute atomic E-state index is 12.2. The molecule has 0 bridgehead atoms. The third kappa shape index (κ3) is 5.75. The Balaban J connectivity index is 2.47. The molecule has 112 valence electrons. The first kappa shape index (κ1) is 16.7. The van der Waals surface area contributed by atoms with Gasteiger partial charge in [-0.1, -0.05) is 18.2 Å². The first-order valence-corrected chi connectivity index (χ1v) is 7.22. The standard InChI is InChI=1S/C13H17F2NO3S/c1-2-18-12(17)10(16)8-20-7-9-5-3-4-6-11(9)19-13(14)15/h3-6,10,13H,2,7-8,16H2,1H3. The van der Waals surface area contributed by atoms with Crippen LogP contribution >= 0.6 is 11.8 Å². The maximum atomic E-state index is 12.2. The third-order valence-corrected chi connectivity index (χ3v) is 3.44. The summed E-state index contributed by atoms with van der Waals surface area (Å²) < 4.78 is 33.7. The molecule has 0 aliphatic carbocycles. The van der Waals surface area contributed by atoms with E-state index >= 15 is 0 Å².